The van der Waals surface area contributed by atoms with E-state index in [-0.39, 0.29) is 11.4 Å². The molecule has 4 rings (SSSR count). The molecule has 0 aliphatic carbocycles. The Morgan fingerprint density at radius 3 is 2.74 bits per heavy atom. The zero-order valence-corrected chi connectivity index (χ0v) is 15.8. The number of carbonyl (C=O) groups is 1. The number of hydrogen-bond donors (Lipinski definition) is 1. The molecule has 0 unspecified atom stereocenters. The van der Waals surface area contributed by atoms with E-state index in [1.54, 1.807) is 12.3 Å². The maximum atomic E-state index is 12.6. The third-order valence-corrected chi connectivity index (χ3v) is 4.44. The molecule has 1 N–H and O–H groups in total. The quantitative estimate of drug-likeness (QED) is 0.754. The second kappa shape index (κ2) is 6.19. The van der Waals surface area contributed by atoms with Gasteiger partial charge in [-0.15, -0.1) is 10.2 Å². The van der Waals surface area contributed by atoms with Gasteiger partial charge >= 0.3 is 0 Å². The van der Waals surface area contributed by atoms with Crippen molar-refractivity contribution in [1.82, 2.24) is 14.9 Å². The minimum atomic E-state index is -0.227. The number of benzene rings is 1. The summed E-state index contributed by atoms with van der Waals surface area (Å²) in [5.74, 6) is 1.86. The van der Waals surface area contributed by atoms with Crippen LogP contribution in [-0.2, 0) is 5.54 Å². The molecule has 0 saturated heterocycles. The maximum absolute atomic E-state index is 12.6. The predicted octanol–water partition coefficient (Wildman–Crippen LogP) is 3.63. The number of furan rings is 1. The van der Waals surface area contributed by atoms with Gasteiger partial charge in [0.15, 0.2) is 0 Å². The minimum Gasteiger partial charge on any atom is -0.463 e. The first-order valence-electron chi connectivity index (χ1n) is 8.81. The number of fused-ring (bicyclic) bond motifs is 1. The molecule has 3 aromatic rings. The number of carbonyl (C=O) groups excluding carboxylic acids is 1. The van der Waals surface area contributed by atoms with Crippen LogP contribution >= 0.6 is 0 Å². The Bertz CT molecular complexity index is 1080. The minimum absolute atomic E-state index is 0.0826. The van der Waals surface area contributed by atoms with E-state index in [0.29, 0.717) is 29.3 Å². The summed E-state index contributed by atoms with van der Waals surface area (Å²) in [6.45, 7) is 8.38. The first-order valence-corrected chi connectivity index (χ1v) is 8.81. The van der Waals surface area contributed by atoms with Gasteiger partial charge in [0.1, 0.15) is 23.1 Å². The molecule has 1 aromatic carbocycles. The lowest BCUT2D eigenvalue weighted by molar-refractivity contribution is 0.0976. The Balaban J connectivity index is 1.52. The van der Waals surface area contributed by atoms with Crippen molar-refractivity contribution in [3.05, 3.63) is 53.7 Å². The Morgan fingerprint density at radius 2 is 2.04 bits per heavy atom. The molecule has 2 aromatic heterocycles. The van der Waals surface area contributed by atoms with E-state index < -0.39 is 0 Å². The molecular formula is C20H21N5O2. The van der Waals surface area contributed by atoms with Crippen LogP contribution in [0, 0.1) is 6.92 Å². The Labute approximate surface area is 156 Å². The topological polar surface area (TPSA) is 84.8 Å². The number of hydrogen-bond acceptors (Lipinski definition) is 5. The van der Waals surface area contributed by atoms with Gasteiger partial charge in [0.25, 0.3) is 5.91 Å². The summed E-state index contributed by atoms with van der Waals surface area (Å²) < 4.78 is 7.49. The molecule has 0 saturated carbocycles. The summed E-state index contributed by atoms with van der Waals surface area (Å²) in [6, 6.07) is 9.18. The van der Waals surface area contributed by atoms with Gasteiger partial charge in [-0.05, 0) is 58.0 Å². The van der Waals surface area contributed by atoms with Gasteiger partial charge in [0.05, 0.1) is 23.7 Å². The highest BCUT2D eigenvalue weighted by Gasteiger charge is 2.22. The predicted molar refractivity (Wildman–Crippen MR) is 104 cm³/mol. The van der Waals surface area contributed by atoms with Crippen molar-refractivity contribution in [3.63, 3.8) is 0 Å². The van der Waals surface area contributed by atoms with Gasteiger partial charge in [0, 0.05) is 11.1 Å². The normalized spacial score (nSPS) is 14.4. The van der Waals surface area contributed by atoms with Crippen LogP contribution in [0.15, 0.2) is 51.2 Å². The fourth-order valence-corrected chi connectivity index (χ4v) is 3.39. The first kappa shape index (κ1) is 17.2. The van der Waals surface area contributed by atoms with Crippen LogP contribution in [0.2, 0.25) is 0 Å². The molecule has 138 valence electrons. The van der Waals surface area contributed by atoms with E-state index in [1.807, 2.05) is 31.2 Å². The second-order valence-electron chi connectivity index (χ2n) is 7.57. The molecule has 0 atom stereocenters. The molecule has 27 heavy (non-hydrogen) atoms. The van der Waals surface area contributed by atoms with E-state index in [1.165, 1.54) is 0 Å². The van der Waals surface area contributed by atoms with Gasteiger partial charge in [-0.25, -0.2) is 4.98 Å². The van der Waals surface area contributed by atoms with Crippen molar-refractivity contribution in [2.45, 2.75) is 39.7 Å². The summed E-state index contributed by atoms with van der Waals surface area (Å²) in [5.41, 5.74) is 2.97. The average molecular weight is 363 g/mol. The standard InChI is InChI=1S/C20H21N5O2/c1-12-21-14-10-13(7-8-16(14)25(12)20(2,3)4)19(26)22-18-11-15(23-24-18)17-6-5-9-27-17/h5-10H,11H2,1-4H3,(H,22,24,26). The molecule has 7 nitrogen and oxygen atoms in total. The van der Waals surface area contributed by atoms with Crippen LogP contribution in [0.5, 0.6) is 0 Å². The molecule has 1 aliphatic rings. The summed E-state index contributed by atoms with van der Waals surface area (Å²) in [4.78, 5) is 17.2. The van der Waals surface area contributed by atoms with Crippen LogP contribution in [0.1, 0.15) is 49.1 Å². The molecule has 0 bridgehead atoms. The number of aromatic nitrogens is 2. The van der Waals surface area contributed by atoms with Gasteiger partial charge in [-0.1, -0.05) is 0 Å². The van der Waals surface area contributed by atoms with Crippen LogP contribution in [0.25, 0.3) is 11.0 Å². The highest BCUT2D eigenvalue weighted by atomic mass is 16.3. The number of amidine groups is 1. The van der Waals surface area contributed by atoms with E-state index in [0.717, 1.165) is 16.9 Å². The van der Waals surface area contributed by atoms with Crippen LogP contribution in [0.4, 0.5) is 0 Å². The number of amides is 1. The Hall–Kier alpha value is -3.22. The molecular weight excluding hydrogens is 342 g/mol. The lowest BCUT2D eigenvalue weighted by atomic mass is 10.1. The summed E-state index contributed by atoms with van der Waals surface area (Å²) in [5, 5.41) is 10.9. The smallest absolute Gasteiger partial charge is 0.256 e. The molecule has 0 spiro atoms. The van der Waals surface area contributed by atoms with Crippen molar-refractivity contribution in [2.24, 2.45) is 10.2 Å². The van der Waals surface area contributed by atoms with Crippen LogP contribution in [-0.4, -0.2) is 27.0 Å². The molecule has 0 radical (unpaired) electrons. The van der Waals surface area contributed by atoms with Crippen LogP contribution in [0.3, 0.4) is 0 Å². The SMILES string of the molecule is Cc1nc2cc(C(=O)NC3=NN=C(c4ccco4)C3)ccc2n1C(C)(C)C. The summed E-state index contributed by atoms with van der Waals surface area (Å²) >= 11 is 0. The summed E-state index contributed by atoms with van der Waals surface area (Å²) in [6.07, 6.45) is 2.02. The Kier molecular flexibility index (Phi) is 3.95. The molecule has 1 amide bonds. The van der Waals surface area contributed by atoms with Crippen LogP contribution < -0.4 is 5.32 Å². The highest BCUT2D eigenvalue weighted by molar-refractivity contribution is 6.18. The number of aryl methyl sites for hydroxylation is 1. The third-order valence-electron chi connectivity index (χ3n) is 4.44. The third kappa shape index (κ3) is 3.16. The largest absolute Gasteiger partial charge is 0.463 e. The van der Waals surface area contributed by atoms with Crippen molar-refractivity contribution in [3.8, 4) is 0 Å². The zero-order valence-electron chi connectivity index (χ0n) is 15.8. The molecule has 7 heteroatoms. The zero-order chi connectivity index (χ0) is 19.2. The number of imidazole rings is 1. The van der Waals surface area contributed by atoms with Gasteiger partial charge < -0.3 is 14.3 Å². The second-order valence-corrected chi connectivity index (χ2v) is 7.57. The lowest BCUT2D eigenvalue weighted by Crippen LogP contribution is -2.30. The van der Waals surface area contributed by atoms with Crippen molar-refractivity contribution >= 4 is 28.5 Å². The first-order chi connectivity index (χ1) is 12.8. The molecule has 1 aliphatic heterocycles. The monoisotopic (exact) mass is 363 g/mol. The number of rotatable bonds is 2. The summed E-state index contributed by atoms with van der Waals surface area (Å²) in [7, 11) is 0. The fourth-order valence-electron chi connectivity index (χ4n) is 3.39. The Morgan fingerprint density at radius 1 is 1.22 bits per heavy atom. The van der Waals surface area contributed by atoms with Gasteiger partial charge in [-0.2, -0.15) is 0 Å². The molecule has 3 heterocycles. The van der Waals surface area contributed by atoms with E-state index in [4.69, 9.17) is 4.42 Å². The van der Waals surface area contributed by atoms with Crippen molar-refractivity contribution < 1.29 is 9.21 Å². The lowest BCUT2D eigenvalue weighted by Gasteiger charge is -2.23. The maximum Gasteiger partial charge on any atom is 0.256 e. The average Bonchev–Trinajstić information content (AvgIpc) is 3.31. The fraction of sp³-hybridized carbons (Fsp3) is 0.300. The molecule has 0 fully saturated rings. The highest BCUT2D eigenvalue weighted by Crippen LogP contribution is 2.25. The van der Waals surface area contributed by atoms with Crippen molar-refractivity contribution in [1.29, 1.82) is 0 Å². The van der Waals surface area contributed by atoms with E-state index >= 15 is 0 Å². The van der Waals surface area contributed by atoms with E-state index in [2.05, 4.69) is 45.8 Å². The number of nitrogens with one attached hydrogen (secondary N) is 1. The number of nitrogens with zero attached hydrogens (tertiary/aromatic N) is 4. The van der Waals surface area contributed by atoms with E-state index in [9.17, 15) is 4.79 Å². The van der Waals surface area contributed by atoms with Crippen molar-refractivity contribution in [2.75, 3.05) is 0 Å². The van der Waals surface area contributed by atoms with Gasteiger partial charge in [0.2, 0.25) is 0 Å². The van der Waals surface area contributed by atoms with Gasteiger partial charge in [-0.3, -0.25) is 4.79 Å².